The van der Waals surface area contributed by atoms with Gasteiger partial charge in [0.25, 0.3) is 0 Å². The molecule has 6 heteroatoms. The highest BCUT2D eigenvalue weighted by atomic mass is 15.2. The third-order valence-electron chi connectivity index (χ3n) is 14.0. The van der Waals surface area contributed by atoms with Crippen molar-refractivity contribution in [3.63, 3.8) is 0 Å². The largest absolute Gasteiger partial charge is 0.309 e. The van der Waals surface area contributed by atoms with Crippen LogP contribution >= 0.6 is 0 Å². The predicted octanol–water partition coefficient (Wildman–Crippen LogP) is 12.3. The molecule has 0 radical (unpaired) electrons. The van der Waals surface area contributed by atoms with E-state index in [9.17, 15) is 0 Å². The molecule has 0 aliphatic carbocycles. The van der Waals surface area contributed by atoms with Crippen molar-refractivity contribution in [3.8, 4) is 22.5 Å². The molecule has 0 amide bonds. The minimum atomic E-state index is 0.151. The van der Waals surface area contributed by atoms with Crippen molar-refractivity contribution in [2.75, 3.05) is 39.3 Å². The van der Waals surface area contributed by atoms with Gasteiger partial charge in [0.15, 0.2) is 0 Å². The lowest BCUT2D eigenvalue weighted by Gasteiger charge is -2.41. The number of para-hydroxylation sites is 2. The highest BCUT2D eigenvalue weighted by Gasteiger charge is 2.29. The topological polar surface area (TPSA) is 47.5 Å². The average Bonchev–Trinajstić information content (AvgIpc) is 3.30. The first-order chi connectivity index (χ1) is 30.1. The number of pyridine rings is 2. The third kappa shape index (κ3) is 9.35. The Morgan fingerprint density at radius 1 is 0.613 bits per heavy atom. The Balaban J connectivity index is 0.861. The van der Waals surface area contributed by atoms with Crippen LogP contribution in [0.1, 0.15) is 96.0 Å². The second-order valence-electron chi connectivity index (χ2n) is 19.2. The molecular formula is C56H66N6. The van der Waals surface area contributed by atoms with Crippen molar-refractivity contribution >= 4 is 32.6 Å². The van der Waals surface area contributed by atoms with Crippen molar-refractivity contribution in [2.45, 2.75) is 103 Å². The summed E-state index contributed by atoms with van der Waals surface area (Å²) in [4.78, 5) is 18.6. The number of nitrogens with zero attached hydrogens (tertiary/aromatic N) is 5. The fourth-order valence-electron chi connectivity index (χ4n) is 10.6. The molecule has 0 bridgehead atoms. The Morgan fingerprint density at radius 2 is 1.16 bits per heavy atom. The molecule has 1 N–H and O–H groups in total. The molecule has 2 atom stereocenters. The molecule has 2 fully saturated rings. The zero-order valence-corrected chi connectivity index (χ0v) is 37.9. The first kappa shape index (κ1) is 42.3. The highest BCUT2D eigenvalue weighted by Crippen LogP contribution is 2.36. The molecule has 2 saturated heterocycles. The summed E-state index contributed by atoms with van der Waals surface area (Å²) in [7, 11) is 0. The summed E-state index contributed by atoms with van der Waals surface area (Å²) in [6, 6.07) is 48.5. The van der Waals surface area contributed by atoms with Crippen LogP contribution in [-0.2, 0) is 6.42 Å². The average molecular weight is 823 g/mol. The lowest BCUT2D eigenvalue weighted by Crippen LogP contribution is -2.49. The van der Waals surface area contributed by atoms with Gasteiger partial charge in [0.1, 0.15) is 0 Å². The number of piperidine rings is 2. The smallest absolute Gasteiger partial charge is 0.0713 e. The fourth-order valence-corrected chi connectivity index (χ4v) is 10.6. The van der Waals surface area contributed by atoms with Gasteiger partial charge in [0, 0.05) is 84.3 Å². The van der Waals surface area contributed by atoms with Gasteiger partial charge in [-0.3, -0.25) is 9.80 Å². The van der Waals surface area contributed by atoms with Gasteiger partial charge in [-0.25, -0.2) is 9.97 Å². The molecule has 320 valence electrons. The van der Waals surface area contributed by atoms with Crippen LogP contribution in [0.4, 0.5) is 0 Å². The second kappa shape index (κ2) is 18.4. The Labute approximate surface area is 370 Å². The summed E-state index contributed by atoms with van der Waals surface area (Å²) >= 11 is 0. The first-order valence-corrected chi connectivity index (χ1v) is 23.5. The molecule has 2 aliphatic rings. The Hall–Kier alpha value is -4.98. The summed E-state index contributed by atoms with van der Waals surface area (Å²) in [6.45, 7) is 20.5. The van der Waals surface area contributed by atoms with Crippen molar-refractivity contribution in [1.29, 1.82) is 0 Å². The number of aromatic nitrogens is 2. The first-order valence-electron chi connectivity index (χ1n) is 23.5. The number of hydrogen-bond acceptors (Lipinski definition) is 6. The van der Waals surface area contributed by atoms with Gasteiger partial charge in [-0.1, -0.05) is 97.9 Å². The maximum atomic E-state index is 5.26. The monoisotopic (exact) mass is 823 g/mol. The standard InChI is InChI=1S/C56H66N6/c1-7-60(47-28-33-62(34-29-47)40(3)51-38-55(58-53-22-13-11-20-49(51)53)45-24-23-42-16-8-9-17-43(42)36-45)30-25-41-15-14-18-44(35-41)54-37-50(48-19-10-12-21-52(48)57-54)39(2)61-31-26-46(27-32-61)59-56(4,5)6/h8-24,35-40,46-47,59H,7,25-34H2,1-6H3. The predicted molar refractivity (Wildman–Crippen MR) is 262 cm³/mol. The van der Waals surface area contributed by atoms with Gasteiger partial charge in [-0.05, 0) is 137 Å². The van der Waals surface area contributed by atoms with Crippen LogP contribution in [0.5, 0.6) is 0 Å². The highest BCUT2D eigenvalue weighted by molar-refractivity contribution is 5.90. The molecule has 4 heterocycles. The van der Waals surface area contributed by atoms with Gasteiger partial charge in [-0.15, -0.1) is 0 Å². The van der Waals surface area contributed by atoms with Gasteiger partial charge >= 0.3 is 0 Å². The minimum Gasteiger partial charge on any atom is -0.309 e. The van der Waals surface area contributed by atoms with Crippen LogP contribution in [0.25, 0.3) is 55.1 Å². The molecule has 9 rings (SSSR count). The molecule has 62 heavy (non-hydrogen) atoms. The van der Waals surface area contributed by atoms with Crippen LogP contribution in [0.15, 0.2) is 127 Å². The van der Waals surface area contributed by atoms with E-state index in [1.54, 1.807) is 0 Å². The number of nitrogens with one attached hydrogen (secondary N) is 1. The van der Waals surface area contributed by atoms with E-state index in [0.717, 1.165) is 68.1 Å². The third-order valence-corrected chi connectivity index (χ3v) is 14.0. The molecule has 2 aromatic heterocycles. The van der Waals surface area contributed by atoms with Gasteiger partial charge in [-0.2, -0.15) is 0 Å². The van der Waals surface area contributed by atoms with Crippen molar-refractivity contribution in [1.82, 2.24) is 30.0 Å². The summed E-state index contributed by atoms with van der Waals surface area (Å²) in [5, 5.41) is 8.89. The normalized spacial score (nSPS) is 17.3. The number of benzene rings is 5. The van der Waals surface area contributed by atoms with Gasteiger partial charge in [0.2, 0.25) is 0 Å². The zero-order valence-electron chi connectivity index (χ0n) is 37.9. The van der Waals surface area contributed by atoms with Crippen LogP contribution in [0.2, 0.25) is 0 Å². The molecule has 2 aliphatic heterocycles. The molecular weight excluding hydrogens is 757 g/mol. The SMILES string of the molecule is CCN(CCc1cccc(-c2cc(C(C)N3CCC(NC(C)(C)C)CC3)c3ccccc3n2)c1)C1CCN(C(C)c2cc(-c3ccc4ccccc4c3)nc3ccccc23)CC1. The summed E-state index contributed by atoms with van der Waals surface area (Å²) in [6.07, 6.45) is 5.78. The molecule has 0 saturated carbocycles. The molecule has 0 spiro atoms. The number of rotatable bonds is 12. The number of hydrogen-bond donors (Lipinski definition) is 1. The Bertz CT molecular complexity index is 2630. The summed E-state index contributed by atoms with van der Waals surface area (Å²) < 4.78 is 0. The molecule has 5 aromatic carbocycles. The molecule has 7 aromatic rings. The number of fused-ring (bicyclic) bond motifs is 3. The number of likely N-dealkylation sites (tertiary alicyclic amines) is 2. The number of likely N-dealkylation sites (N-methyl/N-ethyl adjacent to an activating group) is 1. The maximum absolute atomic E-state index is 5.26. The van der Waals surface area contributed by atoms with Crippen LogP contribution in [0, 0.1) is 0 Å². The quantitative estimate of drug-likeness (QED) is 0.132. The summed E-state index contributed by atoms with van der Waals surface area (Å²) in [5.41, 5.74) is 11.0. The Kier molecular flexibility index (Phi) is 12.6. The van der Waals surface area contributed by atoms with E-state index in [4.69, 9.17) is 9.97 Å². The van der Waals surface area contributed by atoms with E-state index in [1.165, 1.54) is 75.0 Å². The van der Waals surface area contributed by atoms with Gasteiger partial charge < -0.3 is 10.2 Å². The van der Waals surface area contributed by atoms with E-state index in [-0.39, 0.29) is 5.54 Å². The van der Waals surface area contributed by atoms with Crippen LogP contribution < -0.4 is 5.32 Å². The lowest BCUT2D eigenvalue weighted by atomic mass is 9.94. The van der Waals surface area contributed by atoms with E-state index in [1.807, 2.05) is 0 Å². The summed E-state index contributed by atoms with van der Waals surface area (Å²) in [5.74, 6) is 0. The van der Waals surface area contributed by atoms with Gasteiger partial charge in [0.05, 0.1) is 22.4 Å². The van der Waals surface area contributed by atoms with E-state index in [2.05, 4.69) is 189 Å². The molecule has 6 nitrogen and oxygen atoms in total. The van der Waals surface area contributed by atoms with E-state index >= 15 is 0 Å². The molecule has 2 unspecified atom stereocenters. The van der Waals surface area contributed by atoms with Crippen molar-refractivity contribution in [2.24, 2.45) is 0 Å². The van der Waals surface area contributed by atoms with Crippen LogP contribution in [-0.4, -0.2) is 81.6 Å². The lowest BCUT2D eigenvalue weighted by molar-refractivity contribution is 0.0917. The Morgan fingerprint density at radius 3 is 1.76 bits per heavy atom. The zero-order chi connectivity index (χ0) is 42.8. The minimum absolute atomic E-state index is 0.151. The second-order valence-corrected chi connectivity index (χ2v) is 19.2. The van der Waals surface area contributed by atoms with Crippen molar-refractivity contribution < 1.29 is 0 Å². The van der Waals surface area contributed by atoms with Crippen molar-refractivity contribution in [3.05, 3.63) is 144 Å². The maximum Gasteiger partial charge on any atom is 0.0713 e. The van der Waals surface area contributed by atoms with E-state index < -0.39 is 0 Å². The van der Waals surface area contributed by atoms with Crippen LogP contribution in [0.3, 0.4) is 0 Å². The van der Waals surface area contributed by atoms with E-state index in [0.29, 0.717) is 24.2 Å². The fraction of sp³-hybridized carbons (Fsp3) is 0.393.